The summed E-state index contributed by atoms with van der Waals surface area (Å²) >= 11 is 1.34. The van der Waals surface area contributed by atoms with Crippen molar-refractivity contribution in [2.75, 3.05) is 12.4 Å². The van der Waals surface area contributed by atoms with Gasteiger partial charge in [0.05, 0.1) is 12.3 Å². The monoisotopic (exact) mass is 398 g/mol. The number of ketones is 1. The third-order valence-electron chi connectivity index (χ3n) is 4.74. The van der Waals surface area contributed by atoms with Crippen molar-refractivity contribution in [2.45, 2.75) is 38.6 Å². The number of rotatable bonds is 6. The molecule has 1 aliphatic heterocycles. The Morgan fingerprint density at radius 3 is 2.82 bits per heavy atom. The number of hydrogen-bond donors (Lipinski definition) is 1. The van der Waals surface area contributed by atoms with Crippen LogP contribution in [0.15, 0.2) is 35.5 Å². The molecule has 1 aliphatic rings. The zero-order chi connectivity index (χ0) is 19.7. The molecule has 4 rings (SSSR count). The lowest BCUT2D eigenvalue weighted by molar-refractivity contribution is 0.0777. The molecule has 1 aromatic carbocycles. The summed E-state index contributed by atoms with van der Waals surface area (Å²) in [5.41, 5.74) is 2.70. The number of ether oxygens (including phenoxy) is 2. The van der Waals surface area contributed by atoms with Crippen molar-refractivity contribution in [3.8, 4) is 11.5 Å². The van der Waals surface area contributed by atoms with Gasteiger partial charge >= 0.3 is 0 Å². The van der Waals surface area contributed by atoms with Crippen LogP contribution < -0.4 is 9.47 Å². The normalized spacial score (nSPS) is 15.6. The number of Topliss-reactive ketones (excluding diaryl/α,β-unsaturated/α-hetero) is 1. The zero-order valence-electron chi connectivity index (χ0n) is 16.1. The van der Waals surface area contributed by atoms with Crippen LogP contribution in [0.1, 0.15) is 27.6 Å². The van der Waals surface area contributed by atoms with Crippen molar-refractivity contribution < 1.29 is 14.3 Å². The molecule has 0 saturated carbocycles. The van der Waals surface area contributed by atoms with Crippen molar-refractivity contribution in [3.05, 3.63) is 53.1 Å². The van der Waals surface area contributed by atoms with E-state index in [1.165, 1.54) is 11.8 Å². The third kappa shape index (κ3) is 3.77. The number of carbonyl (C=O) groups is 1. The molecule has 8 heteroatoms. The number of fused-ring (bicyclic) bond motifs is 1. The summed E-state index contributed by atoms with van der Waals surface area (Å²) in [6.07, 6.45) is -0.103. The number of para-hydroxylation sites is 2. The Morgan fingerprint density at radius 2 is 2.07 bits per heavy atom. The number of nitrogens with zero attached hydrogens (tertiary/aromatic N) is 3. The lowest BCUT2D eigenvalue weighted by atomic mass is 10.2. The number of nitrogens with one attached hydrogen (secondary N) is 1. The molecule has 1 N–H and O–H groups in total. The summed E-state index contributed by atoms with van der Waals surface area (Å²) in [7, 11) is 0. The van der Waals surface area contributed by atoms with Crippen molar-refractivity contribution in [2.24, 2.45) is 0 Å². The molecule has 2 aromatic heterocycles. The maximum absolute atomic E-state index is 12.7. The first-order valence-electron chi connectivity index (χ1n) is 9.11. The number of hydrogen-bond acceptors (Lipinski definition) is 6. The average molecular weight is 398 g/mol. The van der Waals surface area contributed by atoms with Crippen molar-refractivity contribution in [1.29, 1.82) is 0 Å². The van der Waals surface area contributed by atoms with Gasteiger partial charge in [-0.3, -0.25) is 9.89 Å². The molecule has 0 spiro atoms. The fourth-order valence-electron chi connectivity index (χ4n) is 3.32. The van der Waals surface area contributed by atoms with E-state index in [4.69, 9.17) is 9.47 Å². The first-order valence-corrected chi connectivity index (χ1v) is 10.1. The van der Waals surface area contributed by atoms with Crippen LogP contribution in [0.2, 0.25) is 0 Å². The third-order valence-corrected chi connectivity index (χ3v) is 5.58. The number of aromatic nitrogens is 4. The predicted octanol–water partition coefficient (Wildman–Crippen LogP) is 3.35. The highest BCUT2D eigenvalue weighted by molar-refractivity contribution is 7.99. The van der Waals surface area contributed by atoms with E-state index in [9.17, 15) is 4.79 Å². The molecule has 0 aliphatic carbocycles. The quantitative estimate of drug-likeness (QED) is 0.507. The molecular formula is C20H22N4O3S. The molecule has 0 fully saturated rings. The molecule has 3 aromatic rings. The molecule has 0 bridgehead atoms. The van der Waals surface area contributed by atoms with Crippen LogP contribution in [-0.4, -0.2) is 44.0 Å². The molecule has 146 valence electrons. The van der Waals surface area contributed by atoms with E-state index in [2.05, 4.69) is 19.7 Å². The standard InChI is InChI=1S/C20H22N4O3S/c1-12-8-16(17(25)11-28-20-21-14(3)22-23-20)13(2)24(12)9-15-10-26-18-6-4-5-7-19(18)27-15/h4-8,15H,9-11H2,1-3H3,(H,21,22,23)/t15-/m0/s1. The lowest BCUT2D eigenvalue weighted by Gasteiger charge is -2.27. The van der Waals surface area contributed by atoms with Gasteiger partial charge in [-0.2, -0.15) is 0 Å². The number of carbonyl (C=O) groups excluding carboxylic acids is 1. The number of aromatic amines is 1. The van der Waals surface area contributed by atoms with Gasteiger partial charge < -0.3 is 14.0 Å². The number of H-pyrrole nitrogens is 1. The summed E-state index contributed by atoms with van der Waals surface area (Å²) in [5.74, 6) is 2.64. The minimum Gasteiger partial charge on any atom is -0.486 e. The predicted molar refractivity (Wildman–Crippen MR) is 106 cm³/mol. The van der Waals surface area contributed by atoms with E-state index in [1.54, 1.807) is 0 Å². The average Bonchev–Trinajstić information content (AvgIpc) is 3.24. The van der Waals surface area contributed by atoms with Gasteiger partial charge in [0.1, 0.15) is 12.4 Å². The van der Waals surface area contributed by atoms with Gasteiger partial charge in [-0.25, -0.2) is 4.98 Å². The van der Waals surface area contributed by atoms with Crippen molar-refractivity contribution in [3.63, 3.8) is 0 Å². The zero-order valence-corrected chi connectivity index (χ0v) is 16.9. The van der Waals surface area contributed by atoms with Gasteiger partial charge in [-0.15, -0.1) is 5.10 Å². The second kappa shape index (κ2) is 7.71. The molecule has 0 radical (unpaired) electrons. The van der Waals surface area contributed by atoms with Crippen LogP contribution in [0.4, 0.5) is 0 Å². The highest BCUT2D eigenvalue weighted by Gasteiger charge is 2.24. The topological polar surface area (TPSA) is 82.0 Å². The summed E-state index contributed by atoms with van der Waals surface area (Å²) in [6, 6.07) is 9.62. The molecule has 1 atom stereocenters. The first-order chi connectivity index (χ1) is 13.5. The number of benzene rings is 1. The Kier molecular flexibility index (Phi) is 5.13. The van der Waals surface area contributed by atoms with Gasteiger partial charge in [0.2, 0.25) is 5.16 Å². The maximum Gasteiger partial charge on any atom is 0.208 e. The summed E-state index contributed by atoms with van der Waals surface area (Å²) in [6.45, 7) is 6.93. The van der Waals surface area contributed by atoms with E-state index in [0.717, 1.165) is 34.3 Å². The van der Waals surface area contributed by atoms with Gasteiger partial charge in [0, 0.05) is 17.0 Å². The highest BCUT2D eigenvalue weighted by atomic mass is 32.2. The SMILES string of the molecule is Cc1nc(SCC(=O)c2cc(C)n(C[C@H]3COc4ccccc4O3)c2C)n[nH]1. The maximum atomic E-state index is 12.7. The fourth-order valence-corrected chi connectivity index (χ4v) is 4.04. The Bertz CT molecular complexity index is 1010. The van der Waals surface area contributed by atoms with E-state index >= 15 is 0 Å². The van der Waals surface area contributed by atoms with Crippen LogP contribution >= 0.6 is 11.8 Å². The molecule has 3 heterocycles. The second-order valence-electron chi connectivity index (χ2n) is 6.81. The molecular weight excluding hydrogens is 376 g/mol. The van der Waals surface area contributed by atoms with E-state index in [-0.39, 0.29) is 11.9 Å². The minimum absolute atomic E-state index is 0.0676. The largest absolute Gasteiger partial charge is 0.486 e. The van der Waals surface area contributed by atoms with Crippen molar-refractivity contribution >= 4 is 17.5 Å². The summed E-state index contributed by atoms with van der Waals surface area (Å²) in [5, 5.41) is 7.44. The van der Waals surface area contributed by atoms with Crippen LogP contribution in [0, 0.1) is 20.8 Å². The molecule has 7 nitrogen and oxygen atoms in total. The first kappa shape index (κ1) is 18.6. The Hall–Kier alpha value is -2.74. The van der Waals surface area contributed by atoms with E-state index in [0.29, 0.717) is 24.1 Å². The summed E-state index contributed by atoms with van der Waals surface area (Å²) in [4.78, 5) is 16.9. The number of thioether (sulfide) groups is 1. The Labute approximate surface area is 167 Å². The van der Waals surface area contributed by atoms with Gasteiger partial charge in [0.25, 0.3) is 0 Å². The van der Waals surface area contributed by atoms with E-state index in [1.807, 2.05) is 51.1 Å². The lowest BCUT2D eigenvalue weighted by Crippen LogP contribution is -2.33. The molecule has 0 saturated heterocycles. The van der Waals surface area contributed by atoms with Gasteiger partial charge in [-0.05, 0) is 39.0 Å². The smallest absolute Gasteiger partial charge is 0.208 e. The Balaban J connectivity index is 1.44. The summed E-state index contributed by atoms with van der Waals surface area (Å²) < 4.78 is 14.0. The second-order valence-corrected chi connectivity index (χ2v) is 7.75. The highest BCUT2D eigenvalue weighted by Crippen LogP contribution is 2.31. The van der Waals surface area contributed by atoms with Gasteiger partial charge in [-0.1, -0.05) is 23.9 Å². The van der Waals surface area contributed by atoms with Crippen LogP contribution in [0.3, 0.4) is 0 Å². The van der Waals surface area contributed by atoms with Crippen LogP contribution in [0.5, 0.6) is 11.5 Å². The fraction of sp³-hybridized carbons (Fsp3) is 0.350. The molecule has 0 amide bonds. The van der Waals surface area contributed by atoms with Crippen LogP contribution in [0.25, 0.3) is 0 Å². The van der Waals surface area contributed by atoms with E-state index < -0.39 is 0 Å². The van der Waals surface area contributed by atoms with Crippen molar-refractivity contribution in [1.82, 2.24) is 19.7 Å². The number of aryl methyl sites for hydroxylation is 2. The molecule has 0 unspecified atom stereocenters. The Morgan fingerprint density at radius 1 is 1.29 bits per heavy atom. The minimum atomic E-state index is -0.103. The van der Waals surface area contributed by atoms with Gasteiger partial charge in [0.15, 0.2) is 23.4 Å². The van der Waals surface area contributed by atoms with Crippen LogP contribution in [-0.2, 0) is 6.54 Å². The molecule has 28 heavy (non-hydrogen) atoms.